The highest BCUT2D eigenvalue weighted by Gasteiger charge is 2.37. The van der Waals surface area contributed by atoms with E-state index < -0.39 is 8.80 Å². The van der Waals surface area contributed by atoms with E-state index in [1.165, 1.54) is 20.9 Å². The molecule has 0 N–H and O–H groups in total. The fourth-order valence-corrected chi connectivity index (χ4v) is 5.71. The van der Waals surface area contributed by atoms with Crippen LogP contribution in [0.3, 0.4) is 0 Å². The van der Waals surface area contributed by atoms with Gasteiger partial charge in [-0.15, -0.1) is 0 Å². The standard InChI is InChI=1S/C21H16NSi/c1-3-11-18(12-4-1)23(19-13-5-2-6-14-19)20-15-7-9-17-10-8-16-22-21(17)20/h1-16H/q+1. The topological polar surface area (TPSA) is 12.9 Å². The highest BCUT2D eigenvalue weighted by molar-refractivity contribution is 6.96. The Balaban J connectivity index is 1.98. The molecule has 0 spiro atoms. The Bertz CT molecular complexity index is 875. The van der Waals surface area contributed by atoms with E-state index in [2.05, 4.69) is 89.9 Å². The molecule has 0 radical (unpaired) electrons. The molecule has 1 nitrogen and oxygen atoms in total. The van der Waals surface area contributed by atoms with Gasteiger partial charge in [-0.3, -0.25) is 4.98 Å². The largest absolute Gasteiger partial charge is 0.431 e. The number of hydrogen-bond acceptors (Lipinski definition) is 1. The summed E-state index contributed by atoms with van der Waals surface area (Å²) in [5.41, 5.74) is 1.12. The second kappa shape index (κ2) is 6.19. The predicted octanol–water partition coefficient (Wildman–Crippen LogP) is 2.75. The first-order valence-corrected chi connectivity index (χ1v) is 9.25. The minimum absolute atomic E-state index is 1.06. The van der Waals surface area contributed by atoms with Crippen LogP contribution < -0.4 is 15.6 Å². The summed E-state index contributed by atoms with van der Waals surface area (Å²) in [6.45, 7) is 0. The monoisotopic (exact) mass is 310 g/mol. The maximum Gasteiger partial charge on any atom is 0.431 e. The molecule has 0 saturated heterocycles. The van der Waals surface area contributed by atoms with Gasteiger partial charge in [0, 0.05) is 11.6 Å². The highest BCUT2D eigenvalue weighted by atomic mass is 28.3. The summed E-state index contributed by atoms with van der Waals surface area (Å²) in [4.78, 5) is 4.68. The molecule has 0 unspecified atom stereocenters. The van der Waals surface area contributed by atoms with Crippen LogP contribution in [0.2, 0.25) is 0 Å². The molecule has 3 aromatic carbocycles. The minimum atomic E-state index is -1.06. The summed E-state index contributed by atoms with van der Waals surface area (Å²) in [5, 5.41) is 5.34. The molecule has 0 aliphatic carbocycles. The Kier molecular flexibility index (Phi) is 3.74. The molecule has 1 heterocycles. The zero-order chi connectivity index (χ0) is 15.5. The second-order valence-corrected chi connectivity index (χ2v) is 7.93. The molecule has 0 saturated carbocycles. The molecule has 4 rings (SSSR count). The van der Waals surface area contributed by atoms with Crippen molar-refractivity contribution in [2.24, 2.45) is 0 Å². The molecule has 1 aromatic heterocycles. The lowest BCUT2D eigenvalue weighted by molar-refractivity contribution is 1.42. The lowest BCUT2D eigenvalue weighted by Crippen LogP contribution is -2.52. The first kappa shape index (κ1) is 13.9. The summed E-state index contributed by atoms with van der Waals surface area (Å²) < 4.78 is 0. The normalized spacial score (nSPS) is 10.6. The van der Waals surface area contributed by atoms with E-state index in [4.69, 9.17) is 0 Å². The lowest BCUT2D eigenvalue weighted by atomic mass is 10.2. The van der Waals surface area contributed by atoms with Gasteiger partial charge < -0.3 is 0 Å². The van der Waals surface area contributed by atoms with E-state index >= 15 is 0 Å². The van der Waals surface area contributed by atoms with Gasteiger partial charge in [0.2, 0.25) is 0 Å². The van der Waals surface area contributed by atoms with E-state index in [0.717, 1.165) is 5.52 Å². The molecular weight excluding hydrogens is 294 g/mol. The van der Waals surface area contributed by atoms with Crippen molar-refractivity contribution < 1.29 is 0 Å². The molecule has 4 aromatic rings. The Morgan fingerprint density at radius 1 is 0.565 bits per heavy atom. The van der Waals surface area contributed by atoms with Gasteiger partial charge in [0.1, 0.15) is 21.1 Å². The first-order valence-electron chi connectivity index (χ1n) is 7.75. The van der Waals surface area contributed by atoms with Crippen LogP contribution in [0, 0.1) is 0 Å². The van der Waals surface area contributed by atoms with Crippen molar-refractivity contribution in [3.05, 3.63) is 97.2 Å². The number of aromatic nitrogens is 1. The quantitative estimate of drug-likeness (QED) is 0.419. The van der Waals surface area contributed by atoms with E-state index in [1.54, 1.807) is 0 Å². The van der Waals surface area contributed by atoms with Crippen molar-refractivity contribution in [2.75, 3.05) is 0 Å². The Labute approximate surface area is 137 Å². The molecule has 0 aliphatic heterocycles. The zero-order valence-electron chi connectivity index (χ0n) is 12.7. The Morgan fingerprint density at radius 3 is 1.83 bits per heavy atom. The minimum Gasteiger partial charge on any atom is -0.253 e. The molecule has 108 valence electrons. The maximum atomic E-state index is 4.68. The number of fused-ring (bicyclic) bond motifs is 1. The van der Waals surface area contributed by atoms with E-state index in [9.17, 15) is 0 Å². The molecule has 0 bridgehead atoms. The van der Waals surface area contributed by atoms with E-state index in [1.807, 2.05) is 12.3 Å². The first-order chi connectivity index (χ1) is 11.4. The molecule has 0 amide bonds. The SMILES string of the molecule is c1ccc([Si+](c2ccccc2)c2cccc3cccnc23)cc1. The van der Waals surface area contributed by atoms with Crippen LogP contribution in [0.1, 0.15) is 0 Å². The van der Waals surface area contributed by atoms with Crippen LogP contribution in [-0.4, -0.2) is 13.8 Å². The number of benzene rings is 3. The number of nitrogens with zero attached hydrogens (tertiary/aromatic N) is 1. The molecule has 0 aliphatic rings. The van der Waals surface area contributed by atoms with Gasteiger partial charge in [0.25, 0.3) is 0 Å². The van der Waals surface area contributed by atoms with Crippen molar-refractivity contribution in [1.29, 1.82) is 0 Å². The molecule has 0 fully saturated rings. The lowest BCUT2D eigenvalue weighted by Gasteiger charge is -2.05. The smallest absolute Gasteiger partial charge is 0.253 e. The highest BCUT2D eigenvalue weighted by Crippen LogP contribution is 2.09. The van der Waals surface area contributed by atoms with Crippen molar-refractivity contribution in [3.63, 3.8) is 0 Å². The predicted molar refractivity (Wildman–Crippen MR) is 99.3 cm³/mol. The van der Waals surface area contributed by atoms with Crippen LogP contribution >= 0.6 is 0 Å². The summed E-state index contributed by atoms with van der Waals surface area (Å²) in [5.74, 6) is 0. The summed E-state index contributed by atoms with van der Waals surface area (Å²) in [6.07, 6.45) is 1.89. The van der Waals surface area contributed by atoms with Crippen molar-refractivity contribution in [2.45, 2.75) is 0 Å². The number of para-hydroxylation sites is 1. The van der Waals surface area contributed by atoms with Gasteiger partial charge in [0.15, 0.2) is 0 Å². The summed E-state index contributed by atoms with van der Waals surface area (Å²) >= 11 is 0. The van der Waals surface area contributed by atoms with Crippen molar-refractivity contribution in [3.8, 4) is 0 Å². The third-order valence-electron chi connectivity index (χ3n) is 4.03. The number of pyridine rings is 1. The number of hydrogen-bond donors (Lipinski definition) is 0. The van der Waals surface area contributed by atoms with E-state index in [-0.39, 0.29) is 0 Å². The Hall–Kier alpha value is -2.71. The van der Waals surface area contributed by atoms with Crippen molar-refractivity contribution >= 4 is 35.3 Å². The van der Waals surface area contributed by atoms with Gasteiger partial charge >= 0.3 is 8.80 Å². The fraction of sp³-hybridized carbons (Fsp3) is 0. The van der Waals surface area contributed by atoms with Crippen LogP contribution in [0.5, 0.6) is 0 Å². The van der Waals surface area contributed by atoms with Crippen LogP contribution in [0.25, 0.3) is 10.9 Å². The Morgan fingerprint density at radius 2 is 1.17 bits per heavy atom. The van der Waals surface area contributed by atoms with Gasteiger partial charge in [-0.1, -0.05) is 54.6 Å². The molecule has 0 atom stereocenters. The number of rotatable bonds is 3. The molecule has 23 heavy (non-hydrogen) atoms. The third kappa shape index (κ3) is 2.69. The van der Waals surface area contributed by atoms with Crippen LogP contribution in [0.4, 0.5) is 0 Å². The fourth-order valence-electron chi connectivity index (χ4n) is 2.99. The summed E-state index contributed by atoms with van der Waals surface area (Å²) in [6, 6.07) is 32.3. The van der Waals surface area contributed by atoms with Gasteiger partial charge in [-0.05, 0) is 36.4 Å². The van der Waals surface area contributed by atoms with Gasteiger partial charge in [-0.2, -0.15) is 0 Å². The zero-order valence-corrected chi connectivity index (χ0v) is 13.7. The van der Waals surface area contributed by atoms with Crippen LogP contribution in [-0.2, 0) is 0 Å². The summed E-state index contributed by atoms with van der Waals surface area (Å²) in [7, 11) is -1.06. The van der Waals surface area contributed by atoms with Gasteiger partial charge in [-0.25, -0.2) is 0 Å². The molecular formula is C21H16NSi+. The second-order valence-electron chi connectivity index (χ2n) is 5.49. The van der Waals surface area contributed by atoms with E-state index in [0.29, 0.717) is 0 Å². The van der Waals surface area contributed by atoms with Crippen molar-refractivity contribution in [1.82, 2.24) is 4.98 Å². The average molecular weight is 310 g/mol. The van der Waals surface area contributed by atoms with Gasteiger partial charge in [0.05, 0.1) is 0 Å². The third-order valence-corrected chi connectivity index (χ3v) is 6.79. The molecule has 2 heteroatoms. The van der Waals surface area contributed by atoms with Crippen LogP contribution in [0.15, 0.2) is 97.2 Å². The maximum absolute atomic E-state index is 4.68. The average Bonchev–Trinajstić information content (AvgIpc) is 2.64.